The van der Waals surface area contributed by atoms with Crippen molar-refractivity contribution in [2.24, 2.45) is 0 Å². The van der Waals surface area contributed by atoms with Gasteiger partial charge in [0.25, 0.3) is 0 Å². The van der Waals surface area contributed by atoms with Crippen molar-refractivity contribution < 1.29 is 18.7 Å². The molecule has 20 heavy (non-hydrogen) atoms. The van der Waals surface area contributed by atoms with Gasteiger partial charge in [-0.25, -0.2) is 4.39 Å². The number of fused-ring (bicyclic) bond motifs is 1. The maximum absolute atomic E-state index is 13.2. The van der Waals surface area contributed by atoms with Crippen LogP contribution in [-0.2, 0) is 14.3 Å². The fraction of sp³-hybridized carbons (Fsp3) is 0.429. The molecule has 1 aromatic carbocycles. The molecule has 0 radical (unpaired) electrons. The first-order chi connectivity index (χ1) is 9.51. The average Bonchev–Trinajstić information content (AvgIpc) is 2.37. The van der Waals surface area contributed by atoms with Crippen molar-refractivity contribution in [3.05, 3.63) is 29.6 Å². The average molecular weight is 280 g/mol. The van der Waals surface area contributed by atoms with Gasteiger partial charge in [0.1, 0.15) is 5.82 Å². The van der Waals surface area contributed by atoms with Crippen LogP contribution in [0.4, 0.5) is 10.1 Å². The number of rotatable bonds is 4. The molecule has 1 aliphatic heterocycles. The molecule has 0 saturated heterocycles. The fourth-order valence-corrected chi connectivity index (χ4v) is 2.31. The molecule has 0 aromatic heterocycles. The van der Waals surface area contributed by atoms with Crippen LogP contribution in [0.1, 0.15) is 24.8 Å². The molecule has 2 amide bonds. The molecule has 0 unspecified atom stereocenters. The van der Waals surface area contributed by atoms with Gasteiger partial charge in [-0.3, -0.25) is 9.59 Å². The number of carbonyl (C=O) groups excluding carboxylic acids is 2. The Morgan fingerprint density at radius 3 is 3.05 bits per heavy atom. The predicted molar refractivity (Wildman–Crippen MR) is 71.9 cm³/mol. The standard InChI is InChI=1S/C14H17FN2O3/c1-8(7-20-2)16-14(19)11-6-13(18)17-12-5-9(15)3-4-10(11)12/h3-5,8,11H,6-7H2,1-2H3,(H,16,19)(H,17,18)/t8-,11+/m1/s1. The Kier molecular flexibility index (Phi) is 4.34. The molecule has 2 atom stereocenters. The first-order valence-electron chi connectivity index (χ1n) is 6.40. The second kappa shape index (κ2) is 6.00. The van der Waals surface area contributed by atoms with E-state index in [-0.39, 0.29) is 24.3 Å². The van der Waals surface area contributed by atoms with Crippen LogP contribution >= 0.6 is 0 Å². The van der Waals surface area contributed by atoms with Crippen molar-refractivity contribution in [3.8, 4) is 0 Å². The van der Waals surface area contributed by atoms with Crippen LogP contribution < -0.4 is 10.6 Å². The predicted octanol–water partition coefficient (Wildman–Crippen LogP) is 1.40. The van der Waals surface area contributed by atoms with Gasteiger partial charge in [-0.15, -0.1) is 0 Å². The Hall–Kier alpha value is -1.95. The third-order valence-corrected chi connectivity index (χ3v) is 3.18. The van der Waals surface area contributed by atoms with E-state index in [0.29, 0.717) is 17.9 Å². The third-order valence-electron chi connectivity index (χ3n) is 3.18. The Morgan fingerprint density at radius 1 is 1.60 bits per heavy atom. The Bertz CT molecular complexity index is 533. The van der Waals surface area contributed by atoms with E-state index < -0.39 is 11.7 Å². The van der Waals surface area contributed by atoms with E-state index in [1.807, 2.05) is 6.92 Å². The van der Waals surface area contributed by atoms with Gasteiger partial charge < -0.3 is 15.4 Å². The summed E-state index contributed by atoms with van der Waals surface area (Å²) in [6.07, 6.45) is 0.0597. The zero-order valence-corrected chi connectivity index (χ0v) is 11.4. The normalized spacial score (nSPS) is 18.9. The van der Waals surface area contributed by atoms with Crippen molar-refractivity contribution in [2.75, 3.05) is 19.0 Å². The summed E-state index contributed by atoms with van der Waals surface area (Å²) in [5.74, 6) is -1.59. The van der Waals surface area contributed by atoms with Gasteiger partial charge in [0, 0.05) is 25.3 Å². The highest BCUT2D eigenvalue weighted by Crippen LogP contribution is 2.32. The number of benzene rings is 1. The highest BCUT2D eigenvalue weighted by molar-refractivity contribution is 6.01. The molecule has 0 bridgehead atoms. The third kappa shape index (κ3) is 3.14. The van der Waals surface area contributed by atoms with Crippen LogP contribution in [0.3, 0.4) is 0 Å². The van der Waals surface area contributed by atoms with Gasteiger partial charge in [0.05, 0.1) is 12.5 Å². The molecule has 1 aliphatic rings. The minimum atomic E-state index is -0.598. The summed E-state index contributed by atoms with van der Waals surface area (Å²) in [5, 5.41) is 5.37. The summed E-state index contributed by atoms with van der Waals surface area (Å²) in [5.41, 5.74) is 0.994. The maximum atomic E-state index is 13.2. The van der Waals surface area contributed by atoms with Crippen LogP contribution in [0.5, 0.6) is 0 Å². The van der Waals surface area contributed by atoms with E-state index in [2.05, 4.69) is 10.6 Å². The molecule has 5 nitrogen and oxygen atoms in total. The molecule has 1 aromatic rings. The molecule has 0 spiro atoms. The molecule has 6 heteroatoms. The van der Waals surface area contributed by atoms with Crippen molar-refractivity contribution >= 4 is 17.5 Å². The smallest absolute Gasteiger partial charge is 0.228 e. The Balaban J connectivity index is 2.20. The lowest BCUT2D eigenvalue weighted by atomic mass is 9.89. The SMILES string of the molecule is COC[C@@H](C)NC(=O)[C@H]1CC(=O)Nc2cc(F)ccc21. The van der Waals surface area contributed by atoms with Gasteiger partial charge in [-0.2, -0.15) is 0 Å². The molecular weight excluding hydrogens is 263 g/mol. The fourth-order valence-electron chi connectivity index (χ4n) is 2.31. The minimum absolute atomic E-state index is 0.0597. The van der Waals surface area contributed by atoms with Gasteiger partial charge >= 0.3 is 0 Å². The molecular formula is C14H17FN2O3. The highest BCUT2D eigenvalue weighted by atomic mass is 19.1. The summed E-state index contributed by atoms with van der Waals surface area (Å²) in [4.78, 5) is 23.9. The van der Waals surface area contributed by atoms with Crippen molar-refractivity contribution in [2.45, 2.75) is 25.3 Å². The zero-order valence-electron chi connectivity index (χ0n) is 11.4. The lowest BCUT2D eigenvalue weighted by molar-refractivity contribution is -0.127. The van der Waals surface area contributed by atoms with E-state index in [9.17, 15) is 14.0 Å². The van der Waals surface area contributed by atoms with Crippen LogP contribution in [0.15, 0.2) is 18.2 Å². The lowest BCUT2D eigenvalue weighted by Gasteiger charge is -2.26. The summed E-state index contributed by atoms with van der Waals surface area (Å²) in [6, 6.07) is 3.90. The van der Waals surface area contributed by atoms with Crippen molar-refractivity contribution in [1.29, 1.82) is 0 Å². The summed E-state index contributed by atoms with van der Waals surface area (Å²) in [7, 11) is 1.55. The number of halogens is 1. The van der Waals surface area contributed by atoms with Crippen molar-refractivity contribution in [3.63, 3.8) is 0 Å². The molecule has 108 valence electrons. The highest BCUT2D eigenvalue weighted by Gasteiger charge is 2.31. The number of carbonyl (C=O) groups is 2. The summed E-state index contributed by atoms with van der Waals surface area (Å²) < 4.78 is 18.1. The van der Waals surface area contributed by atoms with E-state index in [1.165, 1.54) is 18.2 Å². The molecule has 1 heterocycles. The van der Waals surface area contributed by atoms with Crippen LogP contribution in [0.25, 0.3) is 0 Å². The number of amides is 2. The van der Waals surface area contributed by atoms with E-state index in [4.69, 9.17) is 4.74 Å². The number of methoxy groups -OCH3 is 1. The molecule has 0 saturated carbocycles. The monoisotopic (exact) mass is 280 g/mol. The number of ether oxygens (including phenoxy) is 1. The molecule has 2 rings (SSSR count). The minimum Gasteiger partial charge on any atom is -0.383 e. The molecule has 2 N–H and O–H groups in total. The van der Waals surface area contributed by atoms with Crippen LogP contribution in [0, 0.1) is 5.82 Å². The second-order valence-electron chi connectivity index (χ2n) is 4.90. The number of hydrogen-bond acceptors (Lipinski definition) is 3. The lowest BCUT2D eigenvalue weighted by Crippen LogP contribution is -2.41. The Morgan fingerprint density at radius 2 is 2.35 bits per heavy atom. The number of nitrogens with one attached hydrogen (secondary N) is 2. The maximum Gasteiger partial charge on any atom is 0.228 e. The quantitative estimate of drug-likeness (QED) is 0.876. The first kappa shape index (κ1) is 14.5. The summed E-state index contributed by atoms with van der Waals surface area (Å²) >= 11 is 0. The zero-order chi connectivity index (χ0) is 14.7. The van der Waals surface area contributed by atoms with Gasteiger partial charge in [-0.1, -0.05) is 6.07 Å². The molecule has 0 aliphatic carbocycles. The van der Waals surface area contributed by atoms with E-state index in [1.54, 1.807) is 7.11 Å². The van der Waals surface area contributed by atoms with Gasteiger partial charge in [-0.05, 0) is 24.6 Å². The summed E-state index contributed by atoms with van der Waals surface area (Å²) in [6.45, 7) is 2.21. The largest absolute Gasteiger partial charge is 0.383 e. The topological polar surface area (TPSA) is 67.4 Å². The number of anilines is 1. The molecule has 0 fully saturated rings. The first-order valence-corrected chi connectivity index (χ1v) is 6.40. The Labute approximate surface area is 116 Å². The van der Waals surface area contributed by atoms with Crippen molar-refractivity contribution in [1.82, 2.24) is 5.32 Å². The second-order valence-corrected chi connectivity index (χ2v) is 4.90. The van der Waals surface area contributed by atoms with Gasteiger partial charge in [0.2, 0.25) is 11.8 Å². The van der Waals surface area contributed by atoms with E-state index >= 15 is 0 Å². The van der Waals surface area contributed by atoms with E-state index in [0.717, 1.165) is 0 Å². The van der Waals surface area contributed by atoms with Crippen LogP contribution in [-0.4, -0.2) is 31.6 Å². The van der Waals surface area contributed by atoms with Gasteiger partial charge in [0.15, 0.2) is 0 Å². The number of hydrogen-bond donors (Lipinski definition) is 2. The van der Waals surface area contributed by atoms with Crippen LogP contribution in [0.2, 0.25) is 0 Å².